The molecule has 0 spiro atoms. The number of allylic oxidation sites excluding steroid dienone is 1. The molecular formula is C14H18O3. The second-order valence-electron chi connectivity index (χ2n) is 3.81. The van der Waals surface area contributed by atoms with E-state index in [9.17, 15) is 4.79 Å². The van der Waals surface area contributed by atoms with E-state index in [1.165, 1.54) is 0 Å². The van der Waals surface area contributed by atoms with Crippen molar-refractivity contribution in [1.82, 2.24) is 0 Å². The fraction of sp³-hybridized carbons (Fsp3) is 0.357. The average molecular weight is 234 g/mol. The van der Waals surface area contributed by atoms with E-state index < -0.39 is 5.97 Å². The van der Waals surface area contributed by atoms with Crippen LogP contribution in [0.1, 0.15) is 42.1 Å². The number of unbranched alkanes of at least 4 members (excludes halogenated alkanes) is 2. The standard InChI is InChI=1S/C14H18O3/c1-3-4-5-6-7-11-10-12(14(15)16)8-9-13(11)17-2/h6-10H,3-5H2,1-2H3,(H,15,16)/b7-6+. The maximum atomic E-state index is 10.9. The van der Waals surface area contributed by atoms with Gasteiger partial charge in [-0.2, -0.15) is 0 Å². The van der Waals surface area contributed by atoms with Crippen molar-refractivity contribution in [3.05, 3.63) is 35.4 Å². The van der Waals surface area contributed by atoms with Gasteiger partial charge in [-0.15, -0.1) is 0 Å². The first kappa shape index (κ1) is 13.3. The van der Waals surface area contributed by atoms with Crippen molar-refractivity contribution in [3.8, 4) is 5.75 Å². The van der Waals surface area contributed by atoms with Crippen LogP contribution in [-0.4, -0.2) is 18.2 Å². The lowest BCUT2D eigenvalue weighted by Crippen LogP contribution is -1.97. The number of carbonyl (C=O) groups is 1. The summed E-state index contributed by atoms with van der Waals surface area (Å²) in [5.74, 6) is -0.224. The third-order valence-electron chi connectivity index (χ3n) is 2.50. The summed E-state index contributed by atoms with van der Waals surface area (Å²) < 4.78 is 5.19. The highest BCUT2D eigenvalue weighted by atomic mass is 16.5. The van der Waals surface area contributed by atoms with Gasteiger partial charge in [-0.25, -0.2) is 4.79 Å². The first-order valence-electron chi connectivity index (χ1n) is 5.77. The van der Waals surface area contributed by atoms with Crippen molar-refractivity contribution in [2.45, 2.75) is 26.2 Å². The van der Waals surface area contributed by atoms with Gasteiger partial charge in [-0.1, -0.05) is 31.9 Å². The number of hydrogen-bond acceptors (Lipinski definition) is 2. The first-order chi connectivity index (χ1) is 8.19. The van der Waals surface area contributed by atoms with Gasteiger partial charge in [0.15, 0.2) is 0 Å². The van der Waals surface area contributed by atoms with E-state index in [1.807, 2.05) is 12.2 Å². The minimum atomic E-state index is -0.920. The highest BCUT2D eigenvalue weighted by molar-refractivity contribution is 5.88. The SMILES string of the molecule is CCCC/C=C/c1cc(C(=O)O)ccc1OC. The molecule has 0 aromatic heterocycles. The van der Waals surface area contributed by atoms with Crippen LogP contribution in [0.15, 0.2) is 24.3 Å². The van der Waals surface area contributed by atoms with Crippen LogP contribution in [0.3, 0.4) is 0 Å². The van der Waals surface area contributed by atoms with E-state index in [1.54, 1.807) is 25.3 Å². The summed E-state index contributed by atoms with van der Waals surface area (Å²) in [7, 11) is 1.58. The summed E-state index contributed by atoms with van der Waals surface area (Å²) in [6, 6.07) is 4.86. The van der Waals surface area contributed by atoms with Crippen LogP contribution >= 0.6 is 0 Å². The molecule has 0 atom stereocenters. The zero-order chi connectivity index (χ0) is 12.7. The molecule has 0 heterocycles. The number of carboxylic acids is 1. The lowest BCUT2D eigenvalue weighted by molar-refractivity contribution is 0.0697. The van der Waals surface area contributed by atoms with Crippen molar-refractivity contribution in [3.63, 3.8) is 0 Å². The van der Waals surface area contributed by atoms with Gasteiger partial charge >= 0.3 is 5.97 Å². The molecule has 92 valence electrons. The quantitative estimate of drug-likeness (QED) is 0.765. The van der Waals surface area contributed by atoms with Crippen molar-refractivity contribution in [2.24, 2.45) is 0 Å². The smallest absolute Gasteiger partial charge is 0.335 e. The first-order valence-corrected chi connectivity index (χ1v) is 5.77. The Labute approximate surface area is 102 Å². The Bertz CT molecular complexity index is 408. The van der Waals surface area contributed by atoms with Gasteiger partial charge in [0.05, 0.1) is 12.7 Å². The fourth-order valence-electron chi connectivity index (χ4n) is 1.53. The molecule has 0 aliphatic rings. The lowest BCUT2D eigenvalue weighted by atomic mass is 10.1. The Kier molecular flexibility index (Phi) is 5.27. The van der Waals surface area contributed by atoms with Crippen LogP contribution in [0, 0.1) is 0 Å². The molecule has 3 heteroatoms. The summed E-state index contributed by atoms with van der Waals surface area (Å²) >= 11 is 0. The monoisotopic (exact) mass is 234 g/mol. The van der Waals surface area contributed by atoms with Crippen LogP contribution in [0.2, 0.25) is 0 Å². The number of rotatable bonds is 6. The van der Waals surface area contributed by atoms with Gasteiger partial charge in [0.2, 0.25) is 0 Å². The second kappa shape index (κ2) is 6.74. The van der Waals surface area contributed by atoms with Crippen molar-refractivity contribution in [2.75, 3.05) is 7.11 Å². The molecule has 17 heavy (non-hydrogen) atoms. The van der Waals surface area contributed by atoms with E-state index >= 15 is 0 Å². The molecular weight excluding hydrogens is 216 g/mol. The van der Waals surface area contributed by atoms with Crippen LogP contribution < -0.4 is 4.74 Å². The van der Waals surface area contributed by atoms with Crippen molar-refractivity contribution in [1.29, 1.82) is 0 Å². The van der Waals surface area contributed by atoms with Gasteiger partial charge in [0.1, 0.15) is 5.75 Å². The average Bonchev–Trinajstić information content (AvgIpc) is 2.34. The van der Waals surface area contributed by atoms with Crippen molar-refractivity contribution >= 4 is 12.0 Å². The van der Waals surface area contributed by atoms with E-state index in [-0.39, 0.29) is 5.56 Å². The molecule has 0 radical (unpaired) electrons. The molecule has 1 aromatic carbocycles. The summed E-state index contributed by atoms with van der Waals surface area (Å²) in [5.41, 5.74) is 1.09. The van der Waals surface area contributed by atoms with Gasteiger partial charge in [-0.3, -0.25) is 0 Å². The molecule has 0 aliphatic heterocycles. The molecule has 1 aromatic rings. The van der Waals surface area contributed by atoms with Crippen LogP contribution in [0.25, 0.3) is 6.08 Å². The Morgan fingerprint density at radius 1 is 1.47 bits per heavy atom. The molecule has 0 bridgehead atoms. The minimum Gasteiger partial charge on any atom is -0.496 e. The maximum absolute atomic E-state index is 10.9. The van der Waals surface area contributed by atoms with Gasteiger partial charge in [0.25, 0.3) is 0 Å². The third kappa shape index (κ3) is 3.94. The third-order valence-corrected chi connectivity index (χ3v) is 2.50. The molecule has 1 N–H and O–H groups in total. The zero-order valence-corrected chi connectivity index (χ0v) is 10.3. The molecule has 0 amide bonds. The number of aromatic carboxylic acids is 1. The molecule has 3 nitrogen and oxygen atoms in total. The topological polar surface area (TPSA) is 46.5 Å². The Morgan fingerprint density at radius 2 is 2.24 bits per heavy atom. The molecule has 1 rings (SSSR count). The van der Waals surface area contributed by atoms with Crippen LogP contribution in [-0.2, 0) is 0 Å². The summed E-state index contributed by atoms with van der Waals surface area (Å²) in [6.45, 7) is 2.14. The van der Waals surface area contributed by atoms with Crippen LogP contribution in [0.5, 0.6) is 5.75 Å². The maximum Gasteiger partial charge on any atom is 0.335 e. The highest BCUT2D eigenvalue weighted by Gasteiger charge is 2.06. The summed E-state index contributed by atoms with van der Waals surface area (Å²) in [5, 5.41) is 8.92. The molecule has 0 fully saturated rings. The number of hydrogen-bond donors (Lipinski definition) is 1. The number of benzene rings is 1. The lowest BCUT2D eigenvalue weighted by Gasteiger charge is -2.05. The van der Waals surface area contributed by atoms with E-state index in [4.69, 9.17) is 9.84 Å². The Hall–Kier alpha value is -1.77. The normalized spacial score (nSPS) is 10.7. The molecule has 0 aliphatic carbocycles. The number of carboxylic acid groups (broad SMARTS) is 1. The number of methoxy groups -OCH3 is 1. The molecule has 0 saturated heterocycles. The molecule has 0 unspecified atom stereocenters. The van der Waals surface area contributed by atoms with Gasteiger partial charge < -0.3 is 9.84 Å². The number of ether oxygens (including phenoxy) is 1. The van der Waals surface area contributed by atoms with E-state index in [2.05, 4.69) is 6.92 Å². The minimum absolute atomic E-state index is 0.279. The Morgan fingerprint density at radius 3 is 2.82 bits per heavy atom. The zero-order valence-electron chi connectivity index (χ0n) is 10.3. The molecule has 0 saturated carbocycles. The largest absolute Gasteiger partial charge is 0.496 e. The van der Waals surface area contributed by atoms with E-state index in [0.29, 0.717) is 5.75 Å². The fourth-order valence-corrected chi connectivity index (χ4v) is 1.53. The predicted molar refractivity (Wildman–Crippen MR) is 68.5 cm³/mol. The highest BCUT2D eigenvalue weighted by Crippen LogP contribution is 2.21. The van der Waals surface area contributed by atoms with Crippen LogP contribution in [0.4, 0.5) is 0 Å². The second-order valence-corrected chi connectivity index (χ2v) is 3.81. The summed E-state index contributed by atoms with van der Waals surface area (Å²) in [6.07, 6.45) is 7.25. The van der Waals surface area contributed by atoms with E-state index in [0.717, 1.165) is 24.8 Å². The predicted octanol–water partition coefficient (Wildman–Crippen LogP) is 3.60. The Balaban J connectivity index is 2.90. The van der Waals surface area contributed by atoms with Gasteiger partial charge in [-0.05, 0) is 24.6 Å². The van der Waals surface area contributed by atoms with Crippen molar-refractivity contribution < 1.29 is 14.6 Å². The van der Waals surface area contributed by atoms with Gasteiger partial charge in [0, 0.05) is 5.56 Å². The summed E-state index contributed by atoms with van der Waals surface area (Å²) in [4.78, 5) is 10.9.